The minimum Gasteiger partial charge on any atom is -0.390 e. The Kier molecular flexibility index (Phi) is 6.18. The summed E-state index contributed by atoms with van der Waals surface area (Å²) in [6.07, 6.45) is 7.57. The van der Waals surface area contributed by atoms with Crippen molar-refractivity contribution in [3.63, 3.8) is 0 Å². The second kappa shape index (κ2) is 9.19. The first kappa shape index (κ1) is 25.6. The van der Waals surface area contributed by atoms with Crippen LogP contribution in [-0.4, -0.2) is 73.0 Å². The van der Waals surface area contributed by atoms with Gasteiger partial charge in [-0.15, -0.1) is 0 Å². The highest BCUT2D eigenvalue weighted by Gasteiger charge is 2.55. The van der Waals surface area contributed by atoms with E-state index in [-0.39, 0.29) is 18.0 Å². The fraction of sp³-hybridized carbons (Fsp3) is 0.607. The van der Waals surface area contributed by atoms with Gasteiger partial charge < -0.3 is 20.2 Å². The molecule has 4 aliphatic carbocycles. The Bertz CT molecular complexity index is 1350. The van der Waals surface area contributed by atoms with Crippen LogP contribution in [0.3, 0.4) is 0 Å². The second-order valence-corrected chi connectivity index (χ2v) is 14.2. The number of anilines is 2. The lowest BCUT2D eigenvalue weighted by Gasteiger charge is -2.58. The molecule has 1 aromatic heterocycles. The van der Waals surface area contributed by atoms with Gasteiger partial charge in [-0.1, -0.05) is 0 Å². The number of carbonyl (C=O) groups is 1. The van der Waals surface area contributed by atoms with Crippen molar-refractivity contribution in [1.29, 1.82) is 0 Å². The molecule has 1 saturated heterocycles. The standard InChI is InChI=1S/C28H37N5O4S/c1-17-10-22(38(3,36)37)4-5-24(17)32-8-9-33(18(2)16-32)27-29-7-6-23(30-27)26(34)31-25-20-11-19-12-21(25)15-28(35,13-19)14-20/h4-7,10,18-21,25,35H,8-9,11-16H2,1-3H3,(H,31,34)/t18-,19?,20?,21?,25-,28-/m1/s1. The molecule has 5 fully saturated rings. The average molecular weight is 540 g/mol. The molecule has 5 aliphatic rings. The molecule has 2 unspecified atom stereocenters. The van der Waals surface area contributed by atoms with Crippen molar-refractivity contribution in [3.05, 3.63) is 41.7 Å². The van der Waals surface area contributed by atoms with Crippen molar-refractivity contribution < 1.29 is 18.3 Å². The van der Waals surface area contributed by atoms with Crippen LogP contribution in [0, 0.1) is 24.7 Å². The Labute approximate surface area is 224 Å². The van der Waals surface area contributed by atoms with E-state index in [4.69, 9.17) is 0 Å². The zero-order valence-corrected chi connectivity index (χ0v) is 23.1. The molecule has 7 rings (SSSR count). The molecular weight excluding hydrogens is 502 g/mol. The van der Waals surface area contributed by atoms with Crippen molar-refractivity contribution in [3.8, 4) is 0 Å². The van der Waals surface area contributed by atoms with E-state index in [2.05, 4.69) is 32.0 Å². The van der Waals surface area contributed by atoms with Gasteiger partial charge in [0.05, 0.1) is 10.5 Å². The lowest BCUT2D eigenvalue weighted by Crippen LogP contribution is -2.61. The number of amides is 1. The number of aliphatic hydroxyl groups is 1. The molecule has 2 aromatic rings. The number of carbonyl (C=O) groups excluding carboxylic acids is 1. The van der Waals surface area contributed by atoms with Crippen LogP contribution in [0.5, 0.6) is 0 Å². The monoisotopic (exact) mass is 539 g/mol. The van der Waals surface area contributed by atoms with E-state index >= 15 is 0 Å². The number of piperazine rings is 1. The topological polar surface area (TPSA) is 116 Å². The minimum atomic E-state index is -3.24. The number of nitrogens with one attached hydrogen (secondary N) is 1. The van der Waals surface area contributed by atoms with E-state index in [1.165, 1.54) is 6.26 Å². The molecule has 38 heavy (non-hydrogen) atoms. The third-order valence-electron chi connectivity index (χ3n) is 9.24. The average Bonchev–Trinajstić information content (AvgIpc) is 2.84. The maximum Gasteiger partial charge on any atom is 0.270 e. The SMILES string of the molecule is Cc1cc(S(C)(=O)=O)ccc1N1CCN(c2nccc(C(=O)N[C@H]3C4CC5CC3C[C@](O)(C5)C4)n2)[C@H](C)C1. The highest BCUT2D eigenvalue weighted by atomic mass is 32.2. The summed E-state index contributed by atoms with van der Waals surface area (Å²) < 4.78 is 23.8. The molecule has 204 valence electrons. The maximum absolute atomic E-state index is 13.3. The van der Waals surface area contributed by atoms with Crippen LogP contribution in [0.4, 0.5) is 11.6 Å². The molecule has 1 aromatic carbocycles. The summed E-state index contributed by atoms with van der Waals surface area (Å²) in [7, 11) is -3.24. The van der Waals surface area contributed by atoms with Crippen LogP contribution in [0.1, 0.15) is 55.1 Å². The fourth-order valence-electron chi connectivity index (χ4n) is 7.74. The highest BCUT2D eigenvalue weighted by Crippen LogP contribution is 2.55. The van der Waals surface area contributed by atoms with Gasteiger partial charge in [-0.25, -0.2) is 18.4 Å². The Morgan fingerprint density at radius 2 is 1.87 bits per heavy atom. The molecule has 2 heterocycles. The number of benzene rings is 1. The molecule has 1 amide bonds. The van der Waals surface area contributed by atoms with E-state index in [0.29, 0.717) is 40.8 Å². The molecule has 10 heteroatoms. The number of aromatic nitrogens is 2. The van der Waals surface area contributed by atoms with Gasteiger partial charge in [0.1, 0.15) is 5.69 Å². The molecule has 3 atom stereocenters. The normalized spacial score (nSPS) is 32.5. The molecule has 4 bridgehead atoms. The summed E-state index contributed by atoms with van der Waals surface area (Å²) >= 11 is 0. The lowest BCUT2D eigenvalue weighted by atomic mass is 9.52. The fourth-order valence-corrected chi connectivity index (χ4v) is 8.45. The number of hydrogen-bond acceptors (Lipinski definition) is 8. The van der Waals surface area contributed by atoms with E-state index in [1.807, 2.05) is 13.0 Å². The van der Waals surface area contributed by atoms with Crippen molar-refractivity contribution in [2.24, 2.45) is 17.8 Å². The summed E-state index contributed by atoms with van der Waals surface area (Å²) in [5, 5.41) is 14.1. The number of rotatable bonds is 5. The Hall–Kier alpha value is -2.72. The number of sulfone groups is 1. The van der Waals surface area contributed by atoms with E-state index in [0.717, 1.165) is 56.4 Å². The molecule has 0 radical (unpaired) electrons. The van der Waals surface area contributed by atoms with Crippen LogP contribution in [0.2, 0.25) is 0 Å². The maximum atomic E-state index is 13.3. The second-order valence-electron chi connectivity index (χ2n) is 12.1. The van der Waals surface area contributed by atoms with Crippen LogP contribution in [0.15, 0.2) is 35.4 Å². The quantitative estimate of drug-likeness (QED) is 0.596. The van der Waals surface area contributed by atoms with E-state index in [9.17, 15) is 18.3 Å². The van der Waals surface area contributed by atoms with Gasteiger partial charge in [0.25, 0.3) is 5.91 Å². The van der Waals surface area contributed by atoms with Crippen molar-refractivity contribution in [1.82, 2.24) is 15.3 Å². The summed E-state index contributed by atoms with van der Waals surface area (Å²) in [5.41, 5.74) is 1.81. The van der Waals surface area contributed by atoms with Crippen molar-refractivity contribution in [2.45, 2.75) is 68.5 Å². The Balaban J connectivity index is 1.13. The first-order valence-corrected chi connectivity index (χ1v) is 15.6. The molecule has 1 aliphatic heterocycles. The summed E-state index contributed by atoms with van der Waals surface area (Å²) in [6, 6.07) is 7.17. The number of aryl methyl sites for hydroxylation is 1. The lowest BCUT2D eigenvalue weighted by molar-refractivity contribution is -0.136. The van der Waals surface area contributed by atoms with Crippen LogP contribution in [-0.2, 0) is 9.84 Å². The molecular formula is C28H37N5O4S. The predicted octanol–water partition coefficient (Wildman–Crippen LogP) is 2.57. The van der Waals surface area contributed by atoms with Gasteiger partial charge in [-0.3, -0.25) is 4.79 Å². The molecule has 9 nitrogen and oxygen atoms in total. The van der Waals surface area contributed by atoms with Gasteiger partial charge in [0.15, 0.2) is 9.84 Å². The van der Waals surface area contributed by atoms with Gasteiger partial charge >= 0.3 is 0 Å². The highest BCUT2D eigenvalue weighted by molar-refractivity contribution is 7.90. The zero-order valence-electron chi connectivity index (χ0n) is 22.3. The van der Waals surface area contributed by atoms with Gasteiger partial charge in [-0.2, -0.15) is 0 Å². The molecule has 2 N–H and O–H groups in total. The van der Waals surface area contributed by atoms with Crippen LogP contribution >= 0.6 is 0 Å². The Morgan fingerprint density at radius 3 is 2.50 bits per heavy atom. The summed E-state index contributed by atoms with van der Waals surface area (Å²) in [4.78, 5) is 27.2. The van der Waals surface area contributed by atoms with E-state index < -0.39 is 15.4 Å². The van der Waals surface area contributed by atoms with Crippen LogP contribution < -0.4 is 15.1 Å². The smallest absolute Gasteiger partial charge is 0.270 e. The van der Waals surface area contributed by atoms with E-state index in [1.54, 1.807) is 24.4 Å². The largest absolute Gasteiger partial charge is 0.390 e. The van der Waals surface area contributed by atoms with Crippen molar-refractivity contribution >= 4 is 27.4 Å². The first-order valence-electron chi connectivity index (χ1n) is 13.7. The minimum absolute atomic E-state index is 0.0983. The third kappa shape index (κ3) is 4.66. The number of hydrogen-bond donors (Lipinski definition) is 2. The third-order valence-corrected chi connectivity index (χ3v) is 10.3. The summed E-state index contributed by atoms with van der Waals surface area (Å²) in [6.45, 7) is 6.21. The van der Waals surface area contributed by atoms with Crippen molar-refractivity contribution in [2.75, 3.05) is 35.7 Å². The van der Waals surface area contributed by atoms with Gasteiger partial charge in [0.2, 0.25) is 5.95 Å². The van der Waals surface area contributed by atoms with Gasteiger partial charge in [0, 0.05) is 49.9 Å². The zero-order chi connectivity index (χ0) is 26.8. The first-order chi connectivity index (χ1) is 18.0. The predicted molar refractivity (Wildman–Crippen MR) is 145 cm³/mol. The molecule has 0 spiro atoms. The van der Waals surface area contributed by atoms with Crippen LogP contribution in [0.25, 0.3) is 0 Å². The number of nitrogens with zero attached hydrogens (tertiary/aromatic N) is 4. The summed E-state index contributed by atoms with van der Waals surface area (Å²) in [5.74, 6) is 1.68. The Morgan fingerprint density at radius 1 is 1.13 bits per heavy atom. The molecule has 4 saturated carbocycles. The van der Waals surface area contributed by atoms with Gasteiger partial charge in [-0.05, 0) is 93.5 Å².